The van der Waals surface area contributed by atoms with Crippen LogP contribution in [0.4, 0.5) is 5.82 Å². The first kappa shape index (κ1) is 17.1. The number of nitrogens with zero attached hydrogens (tertiary/aromatic N) is 6. The Morgan fingerprint density at radius 2 is 2.09 bits per heavy atom. The highest BCUT2D eigenvalue weighted by Gasteiger charge is 2.18. The molecule has 0 atom stereocenters. The maximum atomic E-state index is 5.21. The SMILES string of the molecule is CCCCN1CCC(CN=Nc2cccn2CN=NCl)CC1. The smallest absolute Gasteiger partial charge is 0.156 e. The summed E-state index contributed by atoms with van der Waals surface area (Å²) in [6, 6.07) is 3.84. The van der Waals surface area contributed by atoms with Crippen LogP contribution in [0.25, 0.3) is 0 Å². The Morgan fingerprint density at radius 3 is 2.82 bits per heavy atom. The van der Waals surface area contributed by atoms with Gasteiger partial charge in [-0.05, 0) is 56.9 Å². The number of hydrogen-bond acceptors (Lipinski definition) is 5. The predicted molar refractivity (Wildman–Crippen MR) is 88.6 cm³/mol. The highest BCUT2D eigenvalue weighted by molar-refractivity contribution is 6.13. The lowest BCUT2D eigenvalue weighted by Gasteiger charge is -2.30. The summed E-state index contributed by atoms with van der Waals surface area (Å²) in [7, 11) is 0. The molecule has 0 aliphatic carbocycles. The maximum Gasteiger partial charge on any atom is 0.156 e. The Bertz CT molecular complexity index is 476. The monoisotopic (exact) mass is 324 g/mol. The zero-order valence-electron chi connectivity index (χ0n) is 13.2. The molecule has 22 heavy (non-hydrogen) atoms. The van der Waals surface area contributed by atoms with E-state index in [1.54, 1.807) is 0 Å². The highest BCUT2D eigenvalue weighted by atomic mass is 35.5. The van der Waals surface area contributed by atoms with E-state index in [0.29, 0.717) is 12.6 Å². The highest BCUT2D eigenvalue weighted by Crippen LogP contribution is 2.19. The molecule has 6 nitrogen and oxygen atoms in total. The number of halogens is 1. The topological polar surface area (TPSA) is 57.6 Å². The molecule has 0 aromatic carbocycles. The van der Waals surface area contributed by atoms with Crippen LogP contribution in [0.1, 0.15) is 32.6 Å². The quantitative estimate of drug-likeness (QED) is 0.642. The van der Waals surface area contributed by atoms with E-state index >= 15 is 0 Å². The number of azo groups is 1. The summed E-state index contributed by atoms with van der Waals surface area (Å²) in [6.45, 7) is 7.08. The standard InChI is InChI=1S/C15H25ClN6/c1-2-3-8-21-10-6-14(7-11-21)12-17-19-15-5-4-9-22(15)13-18-20-16/h4-5,9,14H,2-3,6-8,10-13H2,1H3. The van der Waals surface area contributed by atoms with E-state index in [9.17, 15) is 0 Å². The normalized spacial score (nSPS) is 17.9. The van der Waals surface area contributed by atoms with Gasteiger partial charge in [-0.2, -0.15) is 10.2 Å². The largest absolute Gasteiger partial charge is 0.309 e. The molecule has 1 aliphatic rings. The van der Waals surface area contributed by atoms with Crippen LogP contribution in [-0.4, -0.2) is 35.6 Å². The van der Waals surface area contributed by atoms with E-state index in [1.165, 1.54) is 45.3 Å². The lowest BCUT2D eigenvalue weighted by molar-refractivity contribution is 0.185. The van der Waals surface area contributed by atoms with Crippen molar-refractivity contribution in [1.82, 2.24) is 9.47 Å². The Kier molecular flexibility index (Phi) is 7.53. The molecule has 7 heteroatoms. The average molecular weight is 325 g/mol. The summed E-state index contributed by atoms with van der Waals surface area (Å²) in [5.74, 6) is 1.46. The molecule has 1 aromatic rings. The first-order valence-corrected chi connectivity index (χ1v) is 8.40. The number of rotatable bonds is 8. The average Bonchev–Trinajstić information content (AvgIpc) is 2.99. The van der Waals surface area contributed by atoms with Crippen LogP contribution in [-0.2, 0) is 6.67 Å². The number of piperidine rings is 1. The van der Waals surface area contributed by atoms with Crippen molar-refractivity contribution in [1.29, 1.82) is 0 Å². The number of hydrogen-bond donors (Lipinski definition) is 0. The molecular formula is C15H25ClN6. The van der Waals surface area contributed by atoms with Crippen LogP contribution < -0.4 is 0 Å². The van der Waals surface area contributed by atoms with Gasteiger partial charge >= 0.3 is 0 Å². The van der Waals surface area contributed by atoms with Gasteiger partial charge < -0.3 is 9.47 Å². The van der Waals surface area contributed by atoms with Crippen molar-refractivity contribution in [3.8, 4) is 0 Å². The maximum absolute atomic E-state index is 5.21. The number of unbranched alkanes of at least 4 members (excludes halogenated alkanes) is 1. The van der Waals surface area contributed by atoms with Crippen molar-refractivity contribution in [3.05, 3.63) is 18.3 Å². The summed E-state index contributed by atoms with van der Waals surface area (Å²) < 4.78 is 5.10. The minimum atomic E-state index is 0.376. The Balaban J connectivity index is 1.73. The molecule has 1 aliphatic heterocycles. The van der Waals surface area contributed by atoms with Crippen LogP contribution in [0.3, 0.4) is 0 Å². The van der Waals surface area contributed by atoms with E-state index in [4.69, 9.17) is 11.8 Å². The molecule has 2 heterocycles. The van der Waals surface area contributed by atoms with Crippen molar-refractivity contribution in [3.63, 3.8) is 0 Å². The molecule has 0 saturated carbocycles. The first-order valence-electron chi connectivity index (χ1n) is 8.06. The second kappa shape index (κ2) is 9.69. The van der Waals surface area contributed by atoms with Gasteiger partial charge in [-0.15, -0.1) is 5.11 Å². The number of aromatic nitrogens is 1. The molecule has 0 amide bonds. The second-order valence-corrected chi connectivity index (χ2v) is 5.91. The minimum absolute atomic E-state index is 0.376. The van der Waals surface area contributed by atoms with Crippen LogP contribution in [0.2, 0.25) is 0 Å². The van der Waals surface area contributed by atoms with Gasteiger partial charge in [0.25, 0.3) is 0 Å². The number of likely N-dealkylation sites (tertiary alicyclic amines) is 1. The van der Waals surface area contributed by atoms with Gasteiger partial charge in [0.1, 0.15) is 6.67 Å². The van der Waals surface area contributed by atoms with Gasteiger partial charge in [0.05, 0.1) is 18.3 Å². The van der Waals surface area contributed by atoms with Gasteiger partial charge in [0, 0.05) is 6.20 Å². The van der Waals surface area contributed by atoms with Crippen LogP contribution >= 0.6 is 11.8 Å². The predicted octanol–water partition coefficient (Wildman–Crippen LogP) is 4.65. The summed E-state index contributed by atoms with van der Waals surface area (Å²) in [4.78, 5) is 2.57. The zero-order valence-corrected chi connectivity index (χ0v) is 14.0. The van der Waals surface area contributed by atoms with Crippen molar-refractivity contribution in [2.24, 2.45) is 25.9 Å². The third kappa shape index (κ3) is 5.50. The zero-order chi connectivity index (χ0) is 15.6. The molecular weight excluding hydrogens is 300 g/mol. The summed E-state index contributed by atoms with van der Waals surface area (Å²) in [5, 5.41) is 12.4. The molecule has 1 aromatic heterocycles. The van der Waals surface area contributed by atoms with Crippen LogP contribution in [0, 0.1) is 5.92 Å². The molecule has 1 fully saturated rings. The second-order valence-electron chi connectivity index (χ2n) is 5.76. The minimum Gasteiger partial charge on any atom is -0.309 e. The van der Waals surface area contributed by atoms with Crippen LogP contribution in [0.5, 0.6) is 0 Å². The fraction of sp³-hybridized carbons (Fsp3) is 0.733. The van der Waals surface area contributed by atoms with Gasteiger partial charge in [-0.3, -0.25) is 0 Å². The Morgan fingerprint density at radius 1 is 1.27 bits per heavy atom. The fourth-order valence-corrected chi connectivity index (χ4v) is 2.76. The van der Waals surface area contributed by atoms with Gasteiger partial charge in [-0.25, -0.2) is 0 Å². The molecule has 0 N–H and O–H groups in total. The van der Waals surface area contributed by atoms with Crippen molar-refractivity contribution in [2.75, 3.05) is 26.2 Å². The molecule has 122 valence electrons. The van der Waals surface area contributed by atoms with E-state index in [1.807, 2.05) is 22.9 Å². The summed E-state index contributed by atoms with van der Waals surface area (Å²) in [6.07, 6.45) is 6.93. The van der Waals surface area contributed by atoms with Crippen LogP contribution in [0.15, 0.2) is 38.3 Å². The Hall–Kier alpha value is -1.27. The molecule has 0 unspecified atom stereocenters. The molecule has 0 spiro atoms. The van der Waals surface area contributed by atoms with E-state index in [2.05, 4.69) is 31.8 Å². The van der Waals surface area contributed by atoms with Gasteiger partial charge in [-0.1, -0.05) is 18.0 Å². The first-order chi connectivity index (χ1) is 10.8. The van der Waals surface area contributed by atoms with E-state index < -0.39 is 0 Å². The molecule has 1 saturated heterocycles. The summed E-state index contributed by atoms with van der Waals surface area (Å²) in [5.41, 5.74) is 0. The molecule has 2 rings (SSSR count). The van der Waals surface area contributed by atoms with Gasteiger partial charge in [0.15, 0.2) is 5.82 Å². The summed E-state index contributed by atoms with van der Waals surface area (Å²) >= 11 is 5.21. The van der Waals surface area contributed by atoms with Crippen molar-refractivity contribution in [2.45, 2.75) is 39.3 Å². The van der Waals surface area contributed by atoms with E-state index in [0.717, 1.165) is 12.4 Å². The Labute approximate surface area is 137 Å². The van der Waals surface area contributed by atoms with Gasteiger partial charge in [0.2, 0.25) is 0 Å². The molecule has 0 radical (unpaired) electrons. The van der Waals surface area contributed by atoms with Crippen molar-refractivity contribution >= 4 is 17.6 Å². The molecule has 0 bridgehead atoms. The fourth-order valence-electron chi connectivity index (χ4n) is 2.71. The van der Waals surface area contributed by atoms with Crippen molar-refractivity contribution < 1.29 is 0 Å². The lowest BCUT2D eigenvalue weighted by atomic mass is 9.97. The van der Waals surface area contributed by atoms with E-state index in [-0.39, 0.29) is 0 Å². The third-order valence-electron chi connectivity index (χ3n) is 4.12. The lowest BCUT2D eigenvalue weighted by Crippen LogP contribution is -2.35. The third-order valence-corrected chi connectivity index (χ3v) is 4.23.